The summed E-state index contributed by atoms with van der Waals surface area (Å²) in [5.41, 5.74) is 1.59. The molecule has 0 aliphatic heterocycles. The molecule has 0 bridgehead atoms. The fraction of sp³-hybridized carbons (Fsp3) is 0.444. The minimum Gasteiger partial charge on any atom is -0.394 e. The number of rotatable bonds is 4. The first-order valence-electron chi connectivity index (χ1n) is 4.73. The monoisotopic (exact) mass is 208 g/mol. The lowest BCUT2D eigenvalue weighted by molar-refractivity contribution is 0.0883. The zero-order valence-electron chi connectivity index (χ0n) is 8.11. The van der Waals surface area contributed by atoms with Gasteiger partial charge in [-0.25, -0.2) is 14.5 Å². The van der Waals surface area contributed by atoms with Crippen molar-refractivity contribution in [1.82, 2.24) is 19.6 Å². The molecule has 1 unspecified atom stereocenters. The quantitative estimate of drug-likeness (QED) is 0.701. The van der Waals surface area contributed by atoms with Crippen LogP contribution in [-0.4, -0.2) is 42.5 Å². The van der Waals surface area contributed by atoms with Crippen molar-refractivity contribution in [2.45, 2.75) is 18.9 Å². The Labute approximate surface area is 86.2 Å². The Kier molecular flexibility index (Phi) is 2.89. The molecule has 80 valence electrons. The average Bonchev–Trinajstić information content (AvgIpc) is 2.69. The molecule has 0 amide bonds. The van der Waals surface area contributed by atoms with Crippen molar-refractivity contribution >= 4 is 5.65 Å². The highest BCUT2D eigenvalue weighted by molar-refractivity contribution is 5.34. The maximum atomic E-state index is 9.22. The molecule has 0 fully saturated rings. The summed E-state index contributed by atoms with van der Waals surface area (Å²) in [4.78, 5) is 7.97. The van der Waals surface area contributed by atoms with Gasteiger partial charge in [0.15, 0.2) is 5.65 Å². The second kappa shape index (κ2) is 4.33. The Hall–Kier alpha value is -1.53. The van der Waals surface area contributed by atoms with Crippen LogP contribution >= 0.6 is 0 Å². The average molecular weight is 208 g/mol. The van der Waals surface area contributed by atoms with Crippen LogP contribution < -0.4 is 0 Å². The van der Waals surface area contributed by atoms with Crippen molar-refractivity contribution in [3.63, 3.8) is 0 Å². The Bertz CT molecular complexity index is 442. The third-order valence-electron chi connectivity index (χ3n) is 2.20. The first-order valence-corrected chi connectivity index (χ1v) is 4.73. The van der Waals surface area contributed by atoms with E-state index in [0.29, 0.717) is 18.5 Å². The van der Waals surface area contributed by atoms with Crippen LogP contribution in [0.1, 0.15) is 12.1 Å². The van der Waals surface area contributed by atoms with E-state index in [4.69, 9.17) is 5.11 Å². The van der Waals surface area contributed by atoms with E-state index >= 15 is 0 Å². The van der Waals surface area contributed by atoms with Crippen LogP contribution in [0.2, 0.25) is 0 Å². The van der Waals surface area contributed by atoms with Gasteiger partial charge in [-0.05, 0) is 12.8 Å². The molecular weight excluding hydrogens is 196 g/mol. The van der Waals surface area contributed by atoms with Gasteiger partial charge < -0.3 is 10.2 Å². The van der Waals surface area contributed by atoms with E-state index in [1.54, 1.807) is 16.9 Å². The summed E-state index contributed by atoms with van der Waals surface area (Å²) in [5, 5.41) is 21.9. The smallest absolute Gasteiger partial charge is 0.172 e. The Morgan fingerprint density at radius 2 is 2.27 bits per heavy atom. The summed E-state index contributed by atoms with van der Waals surface area (Å²) in [6, 6.07) is 0. The molecule has 2 rings (SSSR count). The molecule has 2 aromatic rings. The van der Waals surface area contributed by atoms with Gasteiger partial charge in [0.25, 0.3) is 0 Å². The van der Waals surface area contributed by atoms with Gasteiger partial charge in [0.05, 0.1) is 30.8 Å². The van der Waals surface area contributed by atoms with E-state index in [-0.39, 0.29) is 6.61 Å². The summed E-state index contributed by atoms with van der Waals surface area (Å²) < 4.78 is 1.68. The summed E-state index contributed by atoms with van der Waals surface area (Å²) in [7, 11) is 0. The van der Waals surface area contributed by atoms with Crippen molar-refractivity contribution in [3.05, 3.63) is 24.4 Å². The minimum atomic E-state index is -0.683. The van der Waals surface area contributed by atoms with Gasteiger partial charge in [0.2, 0.25) is 0 Å². The zero-order valence-corrected chi connectivity index (χ0v) is 8.11. The summed E-state index contributed by atoms with van der Waals surface area (Å²) in [6.45, 7) is -0.217. The van der Waals surface area contributed by atoms with Crippen molar-refractivity contribution in [1.29, 1.82) is 0 Å². The fourth-order valence-electron chi connectivity index (χ4n) is 1.38. The van der Waals surface area contributed by atoms with Gasteiger partial charge in [-0.2, -0.15) is 5.10 Å². The summed E-state index contributed by atoms with van der Waals surface area (Å²) in [6.07, 6.45) is 5.21. The molecule has 0 aliphatic rings. The molecule has 2 aromatic heterocycles. The van der Waals surface area contributed by atoms with Gasteiger partial charge >= 0.3 is 0 Å². The number of aryl methyl sites for hydroxylation is 1. The van der Waals surface area contributed by atoms with Gasteiger partial charge in [-0.3, -0.25) is 0 Å². The van der Waals surface area contributed by atoms with Gasteiger partial charge in [-0.15, -0.1) is 0 Å². The molecule has 0 saturated carbocycles. The van der Waals surface area contributed by atoms with Crippen LogP contribution in [0, 0.1) is 0 Å². The first kappa shape index (κ1) is 10.0. The zero-order chi connectivity index (χ0) is 10.7. The highest BCUT2D eigenvalue weighted by Crippen LogP contribution is 2.06. The van der Waals surface area contributed by atoms with Crippen LogP contribution in [0.4, 0.5) is 0 Å². The van der Waals surface area contributed by atoms with E-state index in [2.05, 4.69) is 15.1 Å². The van der Waals surface area contributed by atoms with E-state index in [9.17, 15) is 5.11 Å². The molecular formula is C9H12N4O2. The number of aliphatic hydroxyl groups excluding tert-OH is 2. The Balaban J connectivity index is 2.14. The van der Waals surface area contributed by atoms with E-state index in [1.807, 2.05) is 0 Å². The van der Waals surface area contributed by atoms with Crippen LogP contribution in [0.3, 0.4) is 0 Å². The third kappa shape index (κ3) is 2.11. The van der Waals surface area contributed by atoms with E-state index < -0.39 is 6.10 Å². The second-order valence-electron chi connectivity index (χ2n) is 3.30. The van der Waals surface area contributed by atoms with E-state index in [0.717, 1.165) is 5.69 Å². The highest BCUT2D eigenvalue weighted by Gasteiger charge is 2.07. The maximum absolute atomic E-state index is 9.22. The lowest BCUT2D eigenvalue weighted by Gasteiger charge is -2.05. The topological polar surface area (TPSA) is 83.5 Å². The normalized spacial score (nSPS) is 13.2. The molecule has 6 heteroatoms. The molecule has 15 heavy (non-hydrogen) atoms. The second-order valence-corrected chi connectivity index (χ2v) is 3.30. The fourth-order valence-corrected chi connectivity index (χ4v) is 1.38. The van der Waals surface area contributed by atoms with Crippen LogP contribution in [0.15, 0.2) is 18.7 Å². The maximum Gasteiger partial charge on any atom is 0.172 e. The molecule has 0 saturated heterocycles. The SMILES string of the molecule is OCC(O)CCc1cnc2cncnn12. The largest absolute Gasteiger partial charge is 0.394 e. The van der Waals surface area contributed by atoms with Crippen molar-refractivity contribution < 1.29 is 10.2 Å². The Morgan fingerprint density at radius 1 is 1.40 bits per heavy atom. The van der Waals surface area contributed by atoms with Gasteiger partial charge in [-0.1, -0.05) is 0 Å². The number of nitrogens with zero attached hydrogens (tertiary/aromatic N) is 4. The van der Waals surface area contributed by atoms with Crippen molar-refractivity contribution in [3.8, 4) is 0 Å². The predicted octanol–water partition coefficient (Wildman–Crippen LogP) is -0.590. The number of aromatic nitrogens is 4. The molecule has 0 radical (unpaired) electrons. The number of fused-ring (bicyclic) bond motifs is 1. The van der Waals surface area contributed by atoms with Gasteiger partial charge in [0, 0.05) is 0 Å². The van der Waals surface area contributed by atoms with Crippen molar-refractivity contribution in [2.75, 3.05) is 6.61 Å². The summed E-state index contributed by atoms with van der Waals surface area (Å²) >= 11 is 0. The van der Waals surface area contributed by atoms with Crippen LogP contribution in [-0.2, 0) is 6.42 Å². The molecule has 0 aromatic carbocycles. The molecule has 1 atom stereocenters. The third-order valence-corrected chi connectivity index (χ3v) is 2.20. The number of imidazole rings is 1. The lowest BCUT2D eigenvalue weighted by atomic mass is 10.2. The molecule has 0 spiro atoms. The number of aliphatic hydroxyl groups is 2. The molecule has 2 N–H and O–H groups in total. The molecule has 2 heterocycles. The standard InChI is InChI=1S/C9H12N4O2/c14-5-8(15)2-1-7-3-11-9-4-10-6-12-13(7)9/h3-4,6,8,14-15H,1-2,5H2. The number of hydrogen-bond donors (Lipinski definition) is 2. The first-order chi connectivity index (χ1) is 7.31. The van der Waals surface area contributed by atoms with Crippen molar-refractivity contribution in [2.24, 2.45) is 0 Å². The number of hydrogen-bond acceptors (Lipinski definition) is 5. The Morgan fingerprint density at radius 3 is 3.07 bits per heavy atom. The highest BCUT2D eigenvalue weighted by atomic mass is 16.3. The van der Waals surface area contributed by atoms with Crippen LogP contribution in [0.25, 0.3) is 5.65 Å². The lowest BCUT2D eigenvalue weighted by Crippen LogP contribution is -2.13. The summed E-state index contributed by atoms with van der Waals surface area (Å²) in [5.74, 6) is 0. The van der Waals surface area contributed by atoms with E-state index in [1.165, 1.54) is 6.33 Å². The van der Waals surface area contributed by atoms with Crippen LogP contribution in [0.5, 0.6) is 0 Å². The minimum absolute atomic E-state index is 0.217. The van der Waals surface area contributed by atoms with Gasteiger partial charge in [0.1, 0.15) is 6.33 Å². The predicted molar refractivity (Wildman–Crippen MR) is 52.2 cm³/mol. The molecule has 6 nitrogen and oxygen atoms in total. The molecule has 0 aliphatic carbocycles.